The van der Waals surface area contributed by atoms with Crippen molar-refractivity contribution < 1.29 is 8.42 Å². The number of hydrogen-bond acceptors (Lipinski definition) is 3. The largest absolute Gasteiger partial charge is 0.314 e. The van der Waals surface area contributed by atoms with E-state index in [9.17, 15) is 8.42 Å². The summed E-state index contributed by atoms with van der Waals surface area (Å²) in [7, 11) is -3.29. The van der Waals surface area contributed by atoms with Crippen LogP contribution in [0.3, 0.4) is 0 Å². The molecule has 0 radical (unpaired) electrons. The highest BCUT2D eigenvalue weighted by Crippen LogP contribution is 1.99. The van der Waals surface area contributed by atoms with Crippen LogP contribution >= 0.6 is 0 Å². The van der Waals surface area contributed by atoms with Gasteiger partial charge in [0, 0.05) is 39.1 Å². The Morgan fingerprint density at radius 1 is 1.40 bits per heavy atom. The average Bonchev–Trinajstić information content (AvgIpc) is 2.26. The fourth-order valence-corrected chi connectivity index (χ4v) is 2.55. The Morgan fingerprint density at radius 2 is 2.07 bits per heavy atom. The lowest BCUT2D eigenvalue weighted by Crippen LogP contribution is -2.50. The molecule has 1 aliphatic heterocycles. The normalized spacial score (nSPS) is 18.2. The van der Waals surface area contributed by atoms with Gasteiger partial charge >= 0.3 is 0 Å². The molecule has 0 bridgehead atoms. The second-order valence-electron chi connectivity index (χ2n) is 3.23. The van der Waals surface area contributed by atoms with Gasteiger partial charge in [0.15, 0.2) is 0 Å². The Morgan fingerprint density at radius 3 is 2.67 bits per heavy atom. The molecule has 1 heterocycles. The maximum absolute atomic E-state index is 11.7. The van der Waals surface area contributed by atoms with Crippen molar-refractivity contribution >= 4 is 10.2 Å². The molecule has 15 heavy (non-hydrogen) atoms. The Labute approximate surface area is 91.4 Å². The molecule has 0 amide bonds. The van der Waals surface area contributed by atoms with Gasteiger partial charge in [-0.3, -0.25) is 0 Å². The second kappa shape index (κ2) is 6.08. The molecule has 0 atom stereocenters. The molecule has 1 saturated heterocycles. The number of nitrogens with zero attached hydrogens (tertiary/aromatic N) is 1. The highest BCUT2D eigenvalue weighted by molar-refractivity contribution is 7.87. The highest BCUT2D eigenvalue weighted by Gasteiger charge is 2.22. The molecule has 0 unspecified atom stereocenters. The van der Waals surface area contributed by atoms with E-state index in [2.05, 4.69) is 21.9 Å². The van der Waals surface area contributed by atoms with Gasteiger partial charge < -0.3 is 5.32 Å². The van der Waals surface area contributed by atoms with Crippen molar-refractivity contribution in [1.29, 1.82) is 0 Å². The van der Waals surface area contributed by atoms with Crippen molar-refractivity contribution in [3.05, 3.63) is 0 Å². The van der Waals surface area contributed by atoms with E-state index in [0.29, 0.717) is 26.1 Å². The summed E-state index contributed by atoms with van der Waals surface area (Å²) in [5, 5.41) is 3.11. The summed E-state index contributed by atoms with van der Waals surface area (Å²) in [6.45, 7) is 4.63. The van der Waals surface area contributed by atoms with Gasteiger partial charge in [-0.05, 0) is 6.92 Å². The fraction of sp³-hybridized carbons (Fsp3) is 0.778. The minimum atomic E-state index is -3.29. The van der Waals surface area contributed by atoms with Crippen molar-refractivity contribution in [2.24, 2.45) is 0 Å². The molecule has 1 rings (SSSR count). The zero-order valence-electron chi connectivity index (χ0n) is 8.91. The van der Waals surface area contributed by atoms with Crippen molar-refractivity contribution in [3.63, 3.8) is 0 Å². The molecule has 0 aliphatic carbocycles. The van der Waals surface area contributed by atoms with Gasteiger partial charge in [0.2, 0.25) is 0 Å². The van der Waals surface area contributed by atoms with Gasteiger partial charge in [0.05, 0.1) is 0 Å². The van der Waals surface area contributed by atoms with Crippen LogP contribution in [0.4, 0.5) is 0 Å². The lowest BCUT2D eigenvalue weighted by molar-refractivity contribution is 0.355. The van der Waals surface area contributed by atoms with E-state index in [-0.39, 0.29) is 0 Å². The highest BCUT2D eigenvalue weighted by atomic mass is 32.2. The third kappa shape index (κ3) is 4.18. The SMILES string of the molecule is CC#CCCNS(=O)(=O)N1CCNCC1. The van der Waals surface area contributed by atoms with Gasteiger partial charge in [0.25, 0.3) is 10.2 Å². The second-order valence-corrected chi connectivity index (χ2v) is 4.98. The van der Waals surface area contributed by atoms with Crippen LogP contribution < -0.4 is 10.0 Å². The molecule has 0 aromatic carbocycles. The number of nitrogens with one attached hydrogen (secondary N) is 2. The van der Waals surface area contributed by atoms with Gasteiger partial charge in [-0.25, -0.2) is 4.72 Å². The van der Waals surface area contributed by atoms with E-state index in [0.717, 1.165) is 13.1 Å². The van der Waals surface area contributed by atoms with Gasteiger partial charge in [-0.15, -0.1) is 11.8 Å². The van der Waals surface area contributed by atoms with E-state index in [1.165, 1.54) is 4.31 Å². The Hall–Kier alpha value is -0.610. The molecule has 1 fully saturated rings. The molecule has 86 valence electrons. The topological polar surface area (TPSA) is 61.4 Å². The van der Waals surface area contributed by atoms with E-state index in [1.54, 1.807) is 6.92 Å². The molecule has 0 saturated carbocycles. The zero-order chi connectivity index (χ0) is 11.1. The number of hydrogen-bond donors (Lipinski definition) is 2. The predicted molar refractivity (Wildman–Crippen MR) is 59.4 cm³/mol. The van der Waals surface area contributed by atoms with Crippen LogP contribution in [0.15, 0.2) is 0 Å². The summed E-state index contributed by atoms with van der Waals surface area (Å²) in [4.78, 5) is 0. The first-order valence-electron chi connectivity index (χ1n) is 5.02. The first-order valence-corrected chi connectivity index (χ1v) is 6.46. The summed E-state index contributed by atoms with van der Waals surface area (Å²) in [5.41, 5.74) is 0. The standard InChI is InChI=1S/C9H17N3O2S/c1-2-3-4-5-11-15(13,14)12-8-6-10-7-9-12/h10-11H,4-9H2,1H3. The first kappa shape index (κ1) is 12.5. The Bertz CT molecular complexity index is 336. The summed E-state index contributed by atoms with van der Waals surface area (Å²) in [6.07, 6.45) is 0.557. The summed E-state index contributed by atoms with van der Waals surface area (Å²) < 4.78 is 27.4. The molecule has 0 spiro atoms. The van der Waals surface area contributed by atoms with Crippen LogP contribution in [0.5, 0.6) is 0 Å². The molecule has 0 aromatic rings. The van der Waals surface area contributed by atoms with Crippen LogP contribution in [0.25, 0.3) is 0 Å². The Balaban J connectivity index is 2.38. The molecular weight excluding hydrogens is 214 g/mol. The van der Waals surface area contributed by atoms with E-state index in [1.807, 2.05) is 0 Å². The lowest BCUT2D eigenvalue weighted by atomic mass is 10.4. The molecule has 0 aromatic heterocycles. The molecular formula is C9H17N3O2S. The van der Waals surface area contributed by atoms with Crippen molar-refractivity contribution in [2.45, 2.75) is 13.3 Å². The monoisotopic (exact) mass is 231 g/mol. The number of piperazine rings is 1. The molecule has 2 N–H and O–H groups in total. The number of rotatable bonds is 4. The first-order chi connectivity index (χ1) is 7.17. The third-order valence-electron chi connectivity index (χ3n) is 2.13. The molecule has 5 nitrogen and oxygen atoms in total. The van der Waals surface area contributed by atoms with E-state index in [4.69, 9.17) is 0 Å². The van der Waals surface area contributed by atoms with E-state index >= 15 is 0 Å². The van der Waals surface area contributed by atoms with Crippen molar-refractivity contribution in [1.82, 2.24) is 14.3 Å². The van der Waals surface area contributed by atoms with Crippen LogP contribution in [0, 0.1) is 11.8 Å². The quantitative estimate of drug-likeness (QED) is 0.489. The molecule has 1 aliphatic rings. The predicted octanol–water partition coefficient (Wildman–Crippen LogP) is -0.861. The van der Waals surface area contributed by atoms with Crippen LogP contribution in [-0.4, -0.2) is 45.4 Å². The maximum atomic E-state index is 11.7. The fourth-order valence-electron chi connectivity index (χ4n) is 1.34. The van der Waals surface area contributed by atoms with Crippen LogP contribution in [0.2, 0.25) is 0 Å². The minimum Gasteiger partial charge on any atom is -0.314 e. The minimum absolute atomic E-state index is 0.382. The van der Waals surface area contributed by atoms with Gasteiger partial charge in [-0.2, -0.15) is 12.7 Å². The lowest BCUT2D eigenvalue weighted by Gasteiger charge is -2.26. The van der Waals surface area contributed by atoms with Crippen molar-refractivity contribution in [3.8, 4) is 11.8 Å². The zero-order valence-corrected chi connectivity index (χ0v) is 9.73. The summed E-state index contributed by atoms with van der Waals surface area (Å²) >= 11 is 0. The van der Waals surface area contributed by atoms with Crippen LogP contribution in [0.1, 0.15) is 13.3 Å². The molecule has 6 heteroatoms. The van der Waals surface area contributed by atoms with Crippen LogP contribution in [-0.2, 0) is 10.2 Å². The van der Waals surface area contributed by atoms with Gasteiger partial charge in [-0.1, -0.05) is 0 Å². The maximum Gasteiger partial charge on any atom is 0.279 e. The van der Waals surface area contributed by atoms with E-state index < -0.39 is 10.2 Å². The smallest absolute Gasteiger partial charge is 0.279 e. The summed E-state index contributed by atoms with van der Waals surface area (Å²) in [5.74, 6) is 5.54. The van der Waals surface area contributed by atoms with Crippen molar-refractivity contribution in [2.75, 3.05) is 32.7 Å². The summed E-state index contributed by atoms with van der Waals surface area (Å²) in [6, 6.07) is 0. The Kier molecular flexibility index (Phi) is 5.05. The van der Waals surface area contributed by atoms with Gasteiger partial charge in [0.1, 0.15) is 0 Å². The third-order valence-corrected chi connectivity index (χ3v) is 3.74. The average molecular weight is 231 g/mol.